The van der Waals surface area contributed by atoms with E-state index in [-0.39, 0.29) is 0 Å². The largest absolute Gasteiger partial charge is 0.366 e. The summed E-state index contributed by atoms with van der Waals surface area (Å²) in [5.74, 6) is -0.412. The summed E-state index contributed by atoms with van der Waals surface area (Å²) in [5.41, 5.74) is 13.0. The van der Waals surface area contributed by atoms with Gasteiger partial charge in [-0.1, -0.05) is 0 Å². The van der Waals surface area contributed by atoms with E-state index in [1.54, 1.807) is 17.5 Å². The Bertz CT molecular complexity index is 910. The lowest BCUT2D eigenvalue weighted by molar-refractivity contribution is 0.0999. The number of nitrogens with zero attached hydrogens (tertiary/aromatic N) is 2. The predicted molar refractivity (Wildman–Crippen MR) is 98.2 cm³/mol. The molecule has 4 nitrogen and oxygen atoms in total. The minimum Gasteiger partial charge on any atom is -0.366 e. The van der Waals surface area contributed by atoms with Gasteiger partial charge in [-0.25, -0.2) is 4.98 Å². The molecule has 2 aromatic heterocycles. The van der Waals surface area contributed by atoms with Gasteiger partial charge in [0.05, 0.1) is 0 Å². The zero-order valence-corrected chi connectivity index (χ0v) is 15.0. The zero-order chi connectivity index (χ0) is 17.4. The van der Waals surface area contributed by atoms with Gasteiger partial charge in [0.15, 0.2) is 0 Å². The number of aromatic nitrogens is 2. The van der Waals surface area contributed by atoms with Crippen molar-refractivity contribution in [1.82, 2.24) is 9.97 Å². The highest BCUT2D eigenvalue weighted by Crippen LogP contribution is 2.39. The Morgan fingerprint density at radius 2 is 1.71 bits per heavy atom. The zero-order valence-electron chi connectivity index (χ0n) is 14.2. The fraction of sp³-hybridized carbons (Fsp3) is 0.211. The first-order valence-electron chi connectivity index (χ1n) is 7.68. The van der Waals surface area contributed by atoms with Crippen LogP contribution in [-0.2, 0) is 0 Å². The van der Waals surface area contributed by atoms with Crippen molar-refractivity contribution < 1.29 is 4.79 Å². The molecule has 0 saturated heterocycles. The van der Waals surface area contributed by atoms with Crippen LogP contribution >= 0.6 is 11.3 Å². The Kier molecular flexibility index (Phi) is 4.20. The van der Waals surface area contributed by atoms with E-state index in [9.17, 15) is 4.79 Å². The lowest BCUT2D eigenvalue weighted by Crippen LogP contribution is -2.14. The lowest BCUT2D eigenvalue weighted by atomic mass is 9.89. The molecule has 0 atom stereocenters. The second-order valence-electron chi connectivity index (χ2n) is 5.94. The van der Waals surface area contributed by atoms with Gasteiger partial charge >= 0.3 is 0 Å². The van der Waals surface area contributed by atoms with E-state index in [2.05, 4.69) is 9.97 Å². The highest BCUT2D eigenvalue weighted by atomic mass is 32.1. The van der Waals surface area contributed by atoms with Gasteiger partial charge in [-0.05, 0) is 68.1 Å². The molecule has 0 aliphatic rings. The topological polar surface area (TPSA) is 68.9 Å². The summed E-state index contributed by atoms with van der Waals surface area (Å²) < 4.78 is 0. The van der Waals surface area contributed by atoms with Crippen molar-refractivity contribution >= 4 is 17.2 Å². The summed E-state index contributed by atoms with van der Waals surface area (Å²) in [7, 11) is 0. The number of benzene rings is 1. The molecule has 0 aliphatic heterocycles. The van der Waals surface area contributed by atoms with Crippen LogP contribution in [0.15, 0.2) is 29.8 Å². The van der Waals surface area contributed by atoms with Gasteiger partial charge in [0.25, 0.3) is 0 Å². The van der Waals surface area contributed by atoms with Gasteiger partial charge in [-0.2, -0.15) is 0 Å². The summed E-state index contributed by atoms with van der Waals surface area (Å²) in [6.45, 7) is 7.88. The number of hydrogen-bond donors (Lipinski definition) is 1. The van der Waals surface area contributed by atoms with Crippen LogP contribution in [0.1, 0.15) is 32.9 Å². The summed E-state index contributed by atoms with van der Waals surface area (Å²) in [6, 6.07) is 5.94. The van der Waals surface area contributed by atoms with Crippen LogP contribution in [0, 0.1) is 27.7 Å². The lowest BCUT2D eigenvalue weighted by Gasteiger charge is -2.17. The van der Waals surface area contributed by atoms with Crippen molar-refractivity contribution in [2.45, 2.75) is 27.7 Å². The summed E-state index contributed by atoms with van der Waals surface area (Å²) >= 11 is 1.59. The number of pyridine rings is 1. The highest BCUT2D eigenvalue weighted by molar-refractivity contribution is 7.13. The van der Waals surface area contributed by atoms with Crippen LogP contribution in [0.3, 0.4) is 0 Å². The quantitative estimate of drug-likeness (QED) is 0.778. The van der Waals surface area contributed by atoms with Crippen LogP contribution < -0.4 is 5.73 Å². The third-order valence-corrected chi connectivity index (χ3v) is 4.99. The second kappa shape index (κ2) is 6.17. The Morgan fingerprint density at radius 3 is 2.25 bits per heavy atom. The maximum atomic E-state index is 11.9. The number of carbonyl (C=O) groups is 1. The maximum absolute atomic E-state index is 11.9. The smallest absolute Gasteiger partial charge is 0.248 e. The summed E-state index contributed by atoms with van der Waals surface area (Å²) in [6.07, 6.45) is 1.80. The molecule has 0 saturated carbocycles. The number of rotatable bonds is 3. The summed E-state index contributed by atoms with van der Waals surface area (Å²) in [4.78, 5) is 20.8. The number of thiazole rings is 1. The number of hydrogen-bond acceptors (Lipinski definition) is 4. The fourth-order valence-electron chi connectivity index (χ4n) is 3.01. The first kappa shape index (κ1) is 16.3. The number of amides is 1. The molecule has 24 heavy (non-hydrogen) atoms. The molecule has 122 valence electrons. The third kappa shape index (κ3) is 2.83. The molecule has 5 heteroatoms. The molecule has 0 radical (unpaired) electrons. The van der Waals surface area contributed by atoms with E-state index in [4.69, 9.17) is 5.73 Å². The van der Waals surface area contributed by atoms with E-state index in [1.165, 1.54) is 0 Å². The van der Waals surface area contributed by atoms with Crippen LogP contribution in [0.5, 0.6) is 0 Å². The van der Waals surface area contributed by atoms with Crippen LogP contribution in [-0.4, -0.2) is 15.9 Å². The number of carbonyl (C=O) groups excluding carboxylic acids is 1. The van der Waals surface area contributed by atoms with Crippen molar-refractivity contribution in [3.8, 4) is 21.7 Å². The highest BCUT2D eigenvalue weighted by Gasteiger charge is 2.19. The minimum absolute atomic E-state index is 0.412. The van der Waals surface area contributed by atoms with Crippen molar-refractivity contribution in [2.24, 2.45) is 5.73 Å². The average molecular weight is 337 g/mol. The number of nitrogens with two attached hydrogens (primary N) is 1. The maximum Gasteiger partial charge on any atom is 0.248 e. The normalized spacial score (nSPS) is 10.8. The SMILES string of the molecule is Cc1cc(-c2cc(C(N)=O)c(C)c(C)c2-c2nccs2)cc(C)n1. The first-order valence-corrected chi connectivity index (χ1v) is 8.56. The molecule has 1 aromatic carbocycles. The minimum atomic E-state index is -0.412. The molecule has 1 amide bonds. The van der Waals surface area contributed by atoms with Gasteiger partial charge in [0.2, 0.25) is 5.91 Å². The van der Waals surface area contributed by atoms with Crippen LogP contribution in [0.2, 0.25) is 0 Å². The number of primary amides is 1. The predicted octanol–water partition coefficient (Wildman–Crippen LogP) is 4.20. The molecule has 3 aromatic rings. The average Bonchev–Trinajstić information content (AvgIpc) is 3.02. The Hall–Kier alpha value is -2.53. The monoisotopic (exact) mass is 337 g/mol. The van der Waals surface area contributed by atoms with Gasteiger partial charge in [0, 0.05) is 34.1 Å². The van der Waals surface area contributed by atoms with Crippen LogP contribution in [0.25, 0.3) is 21.7 Å². The Labute approximate surface area is 145 Å². The molecular formula is C19H19N3OS. The molecule has 0 bridgehead atoms. The van der Waals surface area contributed by atoms with Gasteiger partial charge in [0.1, 0.15) is 5.01 Å². The fourth-order valence-corrected chi connectivity index (χ4v) is 3.77. The molecular weight excluding hydrogens is 318 g/mol. The Balaban J connectivity index is 2.40. The second-order valence-corrected chi connectivity index (χ2v) is 6.83. The standard InChI is InChI=1S/C19H19N3OS/c1-10-7-14(8-11(2)22-10)16-9-15(18(20)23)12(3)13(4)17(16)19-21-5-6-24-19/h5-9H,1-4H3,(H2,20,23). The van der Waals surface area contributed by atoms with Crippen molar-refractivity contribution in [1.29, 1.82) is 0 Å². The van der Waals surface area contributed by atoms with Crippen molar-refractivity contribution in [3.05, 3.63) is 57.9 Å². The molecule has 0 spiro atoms. The Morgan fingerprint density at radius 1 is 1.04 bits per heavy atom. The summed E-state index contributed by atoms with van der Waals surface area (Å²) in [5, 5.41) is 2.90. The van der Waals surface area contributed by atoms with E-state index in [1.807, 2.05) is 51.3 Å². The van der Waals surface area contributed by atoms with Gasteiger partial charge in [-0.3, -0.25) is 9.78 Å². The third-order valence-electron chi connectivity index (χ3n) is 4.20. The van der Waals surface area contributed by atoms with E-state index in [0.29, 0.717) is 5.56 Å². The molecule has 0 fully saturated rings. The van der Waals surface area contributed by atoms with Gasteiger partial charge in [-0.15, -0.1) is 11.3 Å². The molecule has 2 N–H and O–H groups in total. The molecule has 3 rings (SSSR count). The molecule has 2 heterocycles. The first-order chi connectivity index (χ1) is 11.4. The molecule has 0 aliphatic carbocycles. The van der Waals surface area contributed by atoms with E-state index < -0.39 is 5.91 Å². The molecule has 0 unspecified atom stereocenters. The van der Waals surface area contributed by atoms with Crippen molar-refractivity contribution in [2.75, 3.05) is 0 Å². The van der Waals surface area contributed by atoms with E-state index >= 15 is 0 Å². The van der Waals surface area contributed by atoms with E-state index in [0.717, 1.165) is 44.2 Å². The van der Waals surface area contributed by atoms with Crippen LogP contribution in [0.4, 0.5) is 0 Å². The van der Waals surface area contributed by atoms with Gasteiger partial charge < -0.3 is 5.73 Å². The number of aryl methyl sites for hydroxylation is 2. The van der Waals surface area contributed by atoms with Crippen molar-refractivity contribution in [3.63, 3.8) is 0 Å².